The lowest BCUT2D eigenvalue weighted by atomic mass is 10.0. The zero-order valence-corrected chi connectivity index (χ0v) is 9.80. The number of carbonyl (C=O) groups excluding carboxylic acids is 1. The highest BCUT2D eigenvalue weighted by Crippen LogP contribution is 2.14. The van der Waals surface area contributed by atoms with Crippen molar-refractivity contribution in [1.82, 2.24) is 10.3 Å². The number of thioether (sulfide) groups is 1. The second-order valence-electron chi connectivity index (χ2n) is 3.80. The first kappa shape index (κ1) is 11.4. The van der Waals surface area contributed by atoms with E-state index in [1.807, 2.05) is 11.8 Å². The number of hydrogen-bond acceptors (Lipinski definition) is 5. The second kappa shape index (κ2) is 5.32. The number of rotatable bonds is 3. The third kappa shape index (κ3) is 2.74. The Kier molecular flexibility index (Phi) is 3.79. The number of aromatic nitrogens is 1. The van der Waals surface area contributed by atoms with E-state index in [0.717, 1.165) is 23.6 Å². The van der Waals surface area contributed by atoms with E-state index >= 15 is 0 Å². The molecule has 0 spiro atoms. The Hall–Kier alpha value is -1.07. The first-order chi connectivity index (χ1) is 7.77. The highest BCUT2D eigenvalue weighted by Gasteiger charge is 2.21. The van der Waals surface area contributed by atoms with Gasteiger partial charge in [-0.2, -0.15) is 11.8 Å². The van der Waals surface area contributed by atoms with Crippen molar-refractivity contribution in [2.45, 2.75) is 12.5 Å². The SMILES string of the molecule is Nc1ccncc1CC(=O)C1CSCCN1. The van der Waals surface area contributed by atoms with E-state index < -0.39 is 0 Å². The molecule has 1 aliphatic rings. The quantitative estimate of drug-likeness (QED) is 0.800. The summed E-state index contributed by atoms with van der Waals surface area (Å²) in [5, 5.41) is 3.23. The third-order valence-corrected chi connectivity index (χ3v) is 3.68. The molecular weight excluding hydrogens is 222 g/mol. The van der Waals surface area contributed by atoms with Crippen LogP contribution in [0.15, 0.2) is 18.5 Å². The van der Waals surface area contributed by atoms with Crippen LogP contribution in [-0.2, 0) is 11.2 Å². The van der Waals surface area contributed by atoms with Crippen molar-refractivity contribution in [2.75, 3.05) is 23.8 Å². The average Bonchev–Trinajstić information content (AvgIpc) is 2.33. The van der Waals surface area contributed by atoms with Gasteiger partial charge in [-0.25, -0.2) is 0 Å². The van der Waals surface area contributed by atoms with Crippen LogP contribution in [0.1, 0.15) is 5.56 Å². The molecule has 86 valence electrons. The minimum absolute atomic E-state index is 0.0293. The standard InChI is InChI=1S/C11H15N3OS/c12-9-1-2-13-6-8(9)5-11(15)10-7-16-4-3-14-10/h1-2,6,10,14H,3-5,7H2,(H2,12,13). The van der Waals surface area contributed by atoms with E-state index in [2.05, 4.69) is 10.3 Å². The number of nitrogens with zero attached hydrogens (tertiary/aromatic N) is 1. The normalized spacial score (nSPS) is 20.6. The van der Waals surface area contributed by atoms with Crippen molar-refractivity contribution in [3.63, 3.8) is 0 Å². The molecular formula is C11H15N3OS. The number of anilines is 1. The van der Waals surface area contributed by atoms with E-state index in [9.17, 15) is 4.79 Å². The molecule has 0 bridgehead atoms. The summed E-state index contributed by atoms with van der Waals surface area (Å²) in [5.74, 6) is 2.14. The molecule has 16 heavy (non-hydrogen) atoms. The maximum absolute atomic E-state index is 12.0. The van der Waals surface area contributed by atoms with E-state index in [-0.39, 0.29) is 11.8 Å². The van der Waals surface area contributed by atoms with Gasteiger partial charge < -0.3 is 11.1 Å². The minimum Gasteiger partial charge on any atom is -0.398 e. The van der Waals surface area contributed by atoms with E-state index in [0.29, 0.717) is 12.1 Å². The Morgan fingerprint density at radius 1 is 1.69 bits per heavy atom. The zero-order chi connectivity index (χ0) is 11.4. The molecule has 1 aromatic rings. The van der Waals surface area contributed by atoms with Crippen molar-refractivity contribution < 1.29 is 4.79 Å². The monoisotopic (exact) mass is 237 g/mol. The number of nitrogen functional groups attached to an aromatic ring is 1. The van der Waals surface area contributed by atoms with Crippen molar-refractivity contribution in [2.24, 2.45) is 0 Å². The van der Waals surface area contributed by atoms with Gasteiger partial charge in [0, 0.05) is 48.1 Å². The van der Waals surface area contributed by atoms with Crippen LogP contribution in [0, 0.1) is 0 Å². The van der Waals surface area contributed by atoms with Crippen LogP contribution in [0.3, 0.4) is 0 Å². The topological polar surface area (TPSA) is 68.0 Å². The van der Waals surface area contributed by atoms with Gasteiger partial charge in [0.15, 0.2) is 5.78 Å². The van der Waals surface area contributed by atoms with Crippen LogP contribution in [0.2, 0.25) is 0 Å². The smallest absolute Gasteiger partial charge is 0.155 e. The molecule has 1 aliphatic heterocycles. The maximum atomic E-state index is 12.0. The number of nitrogens with two attached hydrogens (primary N) is 1. The highest BCUT2D eigenvalue weighted by molar-refractivity contribution is 7.99. The fraction of sp³-hybridized carbons (Fsp3) is 0.455. The molecule has 1 unspecified atom stereocenters. The summed E-state index contributed by atoms with van der Waals surface area (Å²) in [6.45, 7) is 0.906. The largest absolute Gasteiger partial charge is 0.398 e. The number of pyridine rings is 1. The van der Waals surface area contributed by atoms with Gasteiger partial charge >= 0.3 is 0 Å². The Morgan fingerprint density at radius 3 is 3.25 bits per heavy atom. The molecule has 0 radical (unpaired) electrons. The predicted molar refractivity (Wildman–Crippen MR) is 66.5 cm³/mol. The maximum Gasteiger partial charge on any atom is 0.155 e. The first-order valence-corrected chi connectivity index (χ1v) is 6.45. The first-order valence-electron chi connectivity index (χ1n) is 5.29. The van der Waals surface area contributed by atoms with E-state index in [1.165, 1.54) is 0 Å². The highest BCUT2D eigenvalue weighted by atomic mass is 32.2. The Balaban J connectivity index is 1.99. The third-order valence-electron chi connectivity index (χ3n) is 2.62. The van der Waals surface area contributed by atoms with Crippen LogP contribution in [0.5, 0.6) is 0 Å². The van der Waals surface area contributed by atoms with Gasteiger partial charge in [0.05, 0.1) is 6.04 Å². The van der Waals surface area contributed by atoms with Gasteiger partial charge in [-0.15, -0.1) is 0 Å². The molecule has 0 saturated carbocycles. The number of carbonyl (C=O) groups is 1. The number of hydrogen-bond donors (Lipinski definition) is 2. The van der Waals surface area contributed by atoms with Crippen LogP contribution < -0.4 is 11.1 Å². The Morgan fingerprint density at radius 2 is 2.56 bits per heavy atom. The molecule has 1 aromatic heterocycles. The second-order valence-corrected chi connectivity index (χ2v) is 4.95. The van der Waals surface area contributed by atoms with Crippen LogP contribution in [-0.4, -0.2) is 34.9 Å². The van der Waals surface area contributed by atoms with E-state index in [1.54, 1.807) is 18.5 Å². The van der Waals surface area contributed by atoms with Gasteiger partial charge in [-0.3, -0.25) is 9.78 Å². The summed E-state index contributed by atoms with van der Waals surface area (Å²) in [6.07, 6.45) is 3.68. The summed E-state index contributed by atoms with van der Waals surface area (Å²) in [4.78, 5) is 15.9. The molecule has 1 atom stereocenters. The lowest BCUT2D eigenvalue weighted by Crippen LogP contribution is -2.44. The molecule has 4 nitrogen and oxygen atoms in total. The molecule has 0 amide bonds. The van der Waals surface area contributed by atoms with Crippen LogP contribution in [0.25, 0.3) is 0 Å². The van der Waals surface area contributed by atoms with Crippen LogP contribution in [0.4, 0.5) is 5.69 Å². The Labute approximate surface area is 99.0 Å². The molecule has 1 fully saturated rings. The van der Waals surface area contributed by atoms with E-state index in [4.69, 9.17) is 5.73 Å². The average molecular weight is 237 g/mol. The van der Waals surface area contributed by atoms with Crippen molar-refractivity contribution >= 4 is 23.2 Å². The molecule has 3 N–H and O–H groups in total. The van der Waals surface area contributed by atoms with Gasteiger partial charge in [-0.05, 0) is 6.07 Å². The van der Waals surface area contributed by atoms with Gasteiger partial charge in [0.2, 0.25) is 0 Å². The minimum atomic E-state index is -0.0293. The zero-order valence-electron chi connectivity index (χ0n) is 8.98. The van der Waals surface area contributed by atoms with Crippen molar-refractivity contribution in [3.8, 4) is 0 Å². The molecule has 2 rings (SSSR count). The predicted octanol–water partition coefficient (Wildman–Crippen LogP) is 0.480. The van der Waals surface area contributed by atoms with Crippen LogP contribution >= 0.6 is 11.8 Å². The summed E-state index contributed by atoms with van der Waals surface area (Å²) in [7, 11) is 0. The van der Waals surface area contributed by atoms with Gasteiger partial charge in [-0.1, -0.05) is 0 Å². The number of nitrogens with one attached hydrogen (secondary N) is 1. The lowest BCUT2D eigenvalue weighted by Gasteiger charge is -2.21. The lowest BCUT2D eigenvalue weighted by molar-refractivity contribution is -0.119. The Bertz CT molecular complexity index is 377. The fourth-order valence-corrected chi connectivity index (χ4v) is 2.64. The molecule has 1 saturated heterocycles. The van der Waals surface area contributed by atoms with Crippen molar-refractivity contribution in [1.29, 1.82) is 0 Å². The summed E-state index contributed by atoms with van der Waals surface area (Å²) < 4.78 is 0. The molecule has 2 heterocycles. The summed E-state index contributed by atoms with van der Waals surface area (Å²) in [6, 6.07) is 1.70. The fourth-order valence-electron chi connectivity index (χ4n) is 1.67. The summed E-state index contributed by atoms with van der Waals surface area (Å²) in [5.41, 5.74) is 7.25. The molecule has 0 aliphatic carbocycles. The number of ketones is 1. The molecule has 0 aromatic carbocycles. The van der Waals surface area contributed by atoms with Crippen molar-refractivity contribution in [3.05, 3.63) is 24.0 Å². The molecule has 5 heteroatoms. The number of Topliss-reactive ketones (excluding diaryl/α,β-unsaturated/α-hetero) is 1. The van der Waals surface area contributed by atoms with Gasteiger partial charge in [0.1, 0.15) is 0 Å². The summed E-state index contributed by atoms with van der Waals surface area (Å²) >= 11 is 1.82. The van der Waals surface area contributed by atoms with Gasteiger partial charge in [0.25, 0.3) is 0 Å².